The molecule has 194 valence electrons. The van der Waals surface area contributed by atoms with Crippen molar-refractivity contribution in [2.24, 2.45) is 5.92 Å². The van der Waals surface area contributed by atoms with Crippen molar-refractivity contribution in [2.75, 3.05) is 6.61 Å². The van der Waals surface area contributed by atoms with E-state index in [1.807, 2.05) is 0 Å². The molecule has 0 saturated carbocycles. The predicted octanol–water partition coefficient (Wildman–Crippen LogP) is -0.125. The van der Waals surface area contributed by atoms with Crippen molar-refractivity contribution in [2.45, 2.75) is 77.3 Å². The molecule has 0 spiro atoms. The standard InChI is InChI=1S/C21H27NO13/c1-9(23)30-8-16(31-10(2)24)19(32-11(3)25)21(34-13(5)27)20(33-12(4)26)17-14-6-7-15(35-14)18(17)22(28)29/h6-7,14-21H,8H2,1-5H3/t14-,15+,16-,17-,18-,19+,20+,21+/m1/s1. The minimum absolute atomic E-state index is 0.608. The first-order valence-electron chi connectivity index (χ1n) is 10.6. The molecule has 0 N–H and O–H groups in total. The fraction of sp³-hybridized carbons (Fsp3) is 0.667. The second-order valence-electron chi connectivity index (χ2n) is 7.98. The van der Waals surface area contributed by atoms with E-state index in [2.05, 4.69) is 0 Å². The van der Waals surface area contributed by atoms with Crippen LogP contribution in [0, 0.1) is 16.0 Å². The van der Waals surface area contributed by atoms with Gasteiger partial charge in [0.25, 0.3) is 6.04 Å². The van der Waals surface area contributed by atoms with Gasteiger partial charge in [0.05, 0.1) is 6.10 Å². The summed E-state index contributed by atoms with van der Waals surface area (Å²) in [6.07, 6.45) is -5.28. The Morgan fingerprint density at radius 2 is 1.31 bits per heavy atom. The Kier molecular flexibility index (Phi) is 9.28. The highest BCUT2D eigenvalue weighted by atomic mass is 16.7. The average molecular weight is 501 g/mol. The van der Waals surface area contributed by atoms with Gasteiger partial charge in [0, 0.05) is 39.5 Å². The molecule has 0 aromatic carbocycles. The number of rotatable bonds is 11. The Bertz CT molecular complexity index is 900. The molecular weight excluding hydrogens is 474 g/mol. The third kappa shape index (κ3) is 7.21. The summed E-state index contributed by atoms with van der Waals surface area (Å²) in [7, 11) is 0. The van der Waals surface area contributed by atoms with Gasteiger partial charge in [-0.2, -0.15) is 0 Å². The van der Waals surface area contributed by atoms with Crippen LogP contribution < -0.4 is 0 Å². The van der Waals surface area contributed by atoms with E-state index in [1.54, 1.807) is 6.08 Å². The first kappa shape index (κ1) is 27.7. The fourth-order valence-corrected chi connectivity index (χ4v) is 4.18. The minimum Gasteiger partial charge on any atom is -0.462 e. The van der Waals surface area contributed by atoms with Crippen LogP contribution in [0.1, 0.15) is 34.6 Å². The quantitative estimate of drug-likeness (QED) is 0.120. The van der Waals surface area contributed by atoms with Crippen molar-refractivity contribution >= 4 is 29.8 Å². The molecule has 2 rings (SSSR count). The highest BCUT2D eigenvalue weighted by Gasteiger charge is 2.61. The summed E-state index contributed by atoms with van der Waals surface area (Å²) in [4.78, 5) is 70.5. The fourth-order valence-electron chi connectivity index (χ4n) is 4.18. The Hall–Kier alpha value is -3.55. The molecule has 35 heavy (non-hydrogen) atoms. The van der Waals surface area contributed by atoms with Crippen LogP contribution in [-0.2, 0) is 52.4 Å². The van der Waals surface area contributed by atoms with Gasteiger partial charge < -0.3 is 28.4 Å². The van der Waals surface area contributed by atoms with Gasteiger partial charge in [-0.3, -0.25) is 34.1 Å². The van der Waals surface area contributed by atoms with Crippen molar-refractivity contribution in [3.05, 3.63) is 22.3 Å². The molecule has 0 radical (unpaired) electrons. The number of ether oxygens (including phenoxy) is 6. The summed E-state index contributed by atoms with van der Waals surface area (Å²) in [6.45, 7) is 4.55. The lowest BCUT2D eigenvalue weighted by molar-refractivity contribution is -0.535. The maximum absolute atomic E-state index is 12.1. The van der Waals surface area contributed by atoms with Crippen LogP contribution in [0.15, 0.2) is 12.2 Å². The first-order valence-corrected chi connectivity index (χ1v) is 10.6. The third-order valence-electron chi connectivity index (χ3n) is 5.23. The van der Waals surface area contributed by atoms with E-state index in [0.29, 0.717) is 0 Å². The zero-order chi connectivity index (χ0) is 26.4. The van der Waals surface area contributed by atoms with E-state index in [0.717, 1.165) is 34.6 Å². The van der Waals surface area contributed by atoms with Gasteiger partial charge in [-0.25, -0.2) is 0 Å². The highest BCUT2D eigenvalue weighted by Crippen LogP contribution is 2.41. The first-order chi connectivity index (χ1) is 16.3. The van der Waals surface area contributed by atoms with E-state index in [1.165, 1.54) is 6.08 Å². The lowest BCUT2D eigenvalue weighted by Crippen LogP contribution is -2.58. The molecule has 0 aromatic heterocycles. The van der Waals surface area contributed by atoms with Crippen molar-refractivity contribution in [3.8, 4) is 0 Å². The van der Waals surface area contributed by atoms with E-state index in [4.69, 9.17) is 28.4 Å². The van der Waals surface area contributed by atoms with Gasteiger partial charge >= 0.3 is 29.8 Å². The number of esters is 5. The van der Waals surface area contributed by atoms with Crippen LogP contribution in [0.25, 0.3) is 0 Å². The van der Waals surface area contributed by atoms with Crippen LogP contribution in [0.5, 0.6) is 0 Å². The van der Waals surface area contributed by atoms with Crippen LogP contribution >= 0.6 is 0 Å². The molecule has 2 aliphatic heterocycles. The molecule has 8 atom stereocenters. The van der Waals surface area contributed by atoms with Gasteiger partial charge in [-0.15, -0.1) is 0 Å². The molecule has 1 saturated heterocycles. The third-order valence-corrected chi connectivity index (χ3v) is 5.23. The Morgan fingerprint density at radius 1 is 0.800 bits per heavy atom. The largest absolute Gasteiger partial charge is 0.462 e. The Balaban J connectivity index is 2.61. The lowest BCUT2D eigenvalue weighted by atomic mass is 9.80. The number of fused-ring (bicyclic) bond motifs is 2. The number of nitro groups is 1. The van der Waals surface area contributed by atoms with E-state index >= 15 is 0 Å². The molecule has 0 aromatic rings. The van der Waals surface area contributed by atoms with Gasteiger partial charge in [0.2, 0.25) is 0 Å². The SMILES string of the molecule is CC(=O)OC[C@@H](OC(C)=O)[C@H](OC(C)=O)[C@H](OC(C)=O)[C@@H](OC(C)=O)[C@H]1[C@H]([N+](=O)[O-])[C@@H]2C=C[C@H]1O2. The number of carbonyl (C=O) groups is 5. The zero-order valence-electron chi connectivity index (χ0n) is 19.7. The summed E-state index contributed by atoms with van der Waals surface area (Å²) >= 11 is 0. The lowest BCUT2D eigenvalue weighted by Gasteiger charge is -2.38. The molecular formula is C21H27NO13. The van der Waals surface area contributed by atoms with Gasteiger partial charge in [-0.05, 0) is 0 Å². The number of hydrogen-bond acceptors (Lipinski definition) is 13. The molecule has 1 fully saturated rings. The summed E-state index contributed by atoms with van der Waals surface area (Å²) in [5.41, 5.74) is 0. The molecule has 0 amide bonds. The topological polar surface area (TPSA) is 184 Å². The molecule has 14 heteroatoms. The average Bonchev–Trinajstić information content (AvgIpc) is 3.32. The summed E-state index contributed by atoms with van der Waals surface area (Å²) in [6, 6.07) is -1.40. The Labute approximate surface area is 199 Å². The van der Waals surface area contributed by atoms with E-state index in [-0.39, 0.29) is 0 Å². The smallest absolute Gasteiger partial charge is 0.303 e. The molecule has 2 aliphatic rings. The second kappa shape index (κ2) is 11.7. The van der Waals surface area contributed by atoms with Crippen molar-refractivity contribution in [1.29, 1.82) is 0 Å². The highest BCUT2D eigenvalue weighted by molar-refractivity contribution is 5.69. The van der Waals surface area contributed by atoms with Crippen molar-refractivity contribution in [1.82, 2.24) is 0 Å². The maximum Gasteiger partial charge on any atom is 0.303 e. The van der Waals surface area contributed by atoms with Crippen LogP contribution in [0.2, 0.25) is 0 Å². The summed E-state index contributed by atoms with van der Waals surface area (Å²) in [5.74, 6) is -5.51. The van der Waals surface area contributed by atoms with Gasteiger partial charge in [0.1, 0.15) is 18.6 Å². The molecule has 14 nitrogen and oxygen atoms in total. The summed E-state index contributed by atoms with van der Waals surface area (Å²) < 4.78 is 31.8. The predicted molar refractivity (Wildman–Crippen MR) is 111 cm³/mol. The molecule has 0 unspecified atom stereocenters. The second-order valence-corrected chi connectivity index (χ2v) is 7.98. The number of nitrogens with zero attached hydrogens (tertiary/aromatic N) is 1. The van der Waals surface area contributed by atoms with Gasteiger partial charge in [0.15, 0.2) is 24.4 Å². The van der Waals surface area contributed by atoms with Crippen LogP contribution in [0.4, 0.5) is 0 Å². The van der Waals surface area contributed by atoms with Crippen molar-refractivity contribution in [3.63, 3.8) is 0 Å². The summed E-state index contributed by atoms with van der Waals surface area (Å²) in [5, 5.41) is 11.9. The van der Waals surface area contributed by atoms with Gasteiger partial charge in [-0.1, -0.05) is 12.2 Å². The number of hydrogen-bond donors (Lipinski definition) is 0. The van der Waals surface area contributed by atoms with Crippen LogP contribution in [0.3, 0.4) is 0 Å². The van der Waals surface area contributed by atoms with Crippen molar-refractivity contribution < 1.29 is 57.3 Å². The minimum atomic E-state index is -1.70. The molecule has 2 bridgehead atoms. The zero-order valence-corrected chi connectivity index (χ0v) is 19.7. The monoisotopic (exact) mass is 501 g/mol. The number of carbonyl (C=O) groups excluding carboxylic acids is 5. The van der Waals surface area contributed by atoms with E-state index < -0.39 is 90.0 Å². The molecule has 2 heterocycles. The maximum atomic E-state index is 12.1. The van der Waals surface area contributed by atoms with Crippen LogP contribution in [-0.4, -0.2) is 84.0 Å². The molecule has 0 aliphatic carbocycles. The van der Waals surface area contributed by atoms with E-state index in [9.17, 15) is 34.1 Å². The Morgan fingerprint density at radius 3 is 1.80 bits per heavy atom. The normalized spacial score (nSPS) is 25.5.